The molecule has 2 saturated heterocycles. The summed E-state index contributed by atoms with van der Waals surface area (Å²) in [5, 5.41) is 9.25. The van der Waals surface area contributed by atoms with E-state index in [1.165, 1.54) is 0 Å². The zero-order chi connectivity index (χ0) is 19.4. The second kappa shape index (κ2) is 9.98. The van der Waals surface area contributed by atoms with E-state index in [2.05, 4.69) is 0 Å². The van der Waals surface area contributed by atoms with E-state index in [-0.39, 0.29) is 36.8 Å². The molecule has 28 heavy (non-hydrogen) atoms. The first-order chi connectivity index (χ1) is 13.0. The average molecular weight is 413 g/mol. The Balaban J connectivity index is 0.00000280. The zero-order valence-corrected chi connectivity index (χ0v) is 17.2. The predicted molar refractivity (Wildman–Crippen MR) is 107 cm³/mol. The maximum absolute atomic E-state index is 13.0. The number of carbonyl (C=O) groups excluding carboxylic acids is 1. The molecule has 0 aliphatic carbocycles. The molecule has 7 nitrogen and oxygen atoms in total. The van der Waals surface area contributed by atoms with Gasteiger partial charge in [-0.05, 0) is 44.4 Å². The number of ether oxygens (including phenoxy) is 2. The number of methoxy groups -OCH3 is 2. The Hall–Kier alpha value is -1.99. The Bertz CT molecular complexity index is 699. The number of carboxylic acid groups (broad SMARTS) is 1. The van der Waals surface area contributed by atoms with Crippen molar-refractivity contribution in [2.75, 3.05) is 40.4 Å². The highest BCUT2D eigenvalue weighted by Crippen LogP contribution is 2.38. The van der Waals surface area contributed by atoms with Crippen LogP contribution in [-0.4, -0.2) is 67.2 Å². The SMILES string of the molecule is COc1ccc(C2CCCN2C(=O)CN2CCCC(C(=O)O)C2)c(OC)c1.Cl. The molecule has 156 valence electrons. The third-order valence-electron chi connectivity index (χ3n) is 5.59. The first kappa shape index (κ1) is 22.3. The Morgan fingerprint density at radius 3 is 2.57 bits per heavy atom. The first-order valence-corrected chi connectivity index (χ1v) is 9.50. The minimum absolute atomic E-state index is 0. The number of likely N-dealkylation sites (tertiary alicyclic amines) is 2. The second-order valence-corrected chi connectivity index (χ2v) is 7.27. The Morgan fingerprint density at radius 2 is 1.89 bits per heavy atom. The summed E-state index contributed by atoms with van der Waals surface area (Å²) >= 11 is 0. The maximum atomic E-state index is 13.0. The lowest BCUT2D eigenvalue weighted by molar-refractivity contribution is -0.145. The van der Waals surface area contributed by atoms with Gasteiger partial charge in [0.2, 0.25) is 5.91 Å². The molecular weight excluding hydrogens is 384 g/mol. The van der Waals surface area contributed by atoms with E-state index in [4.69, 9.17) is 9.47 Å². The van der Waals surface area contributed by atoms with Crippen LogP contribution in [0.1, 0.15) is 37.3 Å². The highest BCUT2D eigenvalue weighted by Gasteiger charge is 2.34. The summed E-state index contributed by atoms with van der Waals surface area (Å²) < 4.78 is 10.8. The van der Waals surface area contributed by atoms with Crippen molar-refractivity contribution >= 4 is 24.3 Å². The lowest BCUT2D eigenvalue weighted by Gasteiger charge is -2.33. The van der Waals surface area contributed by atoms with Gasteiger partial charge in [0.05, 0.1) is 32.7 Å². The number of piperidine rings is 1. The van der Waals surface area contributed by atoms with Gasteiger partial charge in [0.25, 0.3) is 0 Å². The molecule has 0 bridgehead atoms. The molecular formula is C20H29ClN2O5. The van der Waals surface area contributed by atoms with Gasteiger partial charge in [0.15, 0.2) is 0 Å². The number of nitrogens with zero attached hydrogens (tertiary/aromatic N) is 2. The van der Waals surface area contributed by atoms with Crippen molar-refractivity contribution in [2.24, 2.45) is 5.92 Å². The molecule has 0 saturated carbocycles. The molecule has 0 spiro atoms. The molecule has 2 unspecified atom stereocenters. The summed E-state index contributed by atoms with van der Waals surface area (Å²) in [4.78, 5) is 28.1. The molecule has 1 aromatic rings. The summed E-state index contributed by atoms with van der Waals surface area (Å²) in [6.07, 6.45) is 3.35. The number of benzene rings is 1. The third-order valence-corrected chi connectivity index (χ3v) is 5.59. The van der Waals surface area contributed by atoms with E-state index in [9.17, 15) is 14.7 Å². The van der Waals surface area contributed by atoms with Crippen LogP contribution in [0, 0.1) is 5.92 Å². The van der Waals surface area contributed by atoms with Crippen molar-refractivity contribution in [3.8, 4) is 11.5 Å². The van der Waals surface area contributed by atoms with Crippen LogP contribution in [0.25, 0.3) is 0 Å². The van der Waals surface area contributed by atoms with Gasteiger partial charge in [0, 0.05) is 24.7 Å². The number of amides is 1. The van der Waals surface area contributed by atoms with Crippen LogP contribution < -0.4 is 9.47 Å². The van der Waals surface area contributed by atoms with Gasteiger partial charge >= 0.3 is 5.97 Å². The summed E-state index contributed by atoms with van der Waals surface area (Å²) in [5.74, 6) is 0.362. The van der Waals surface area contributed by atoms with Crippen molar-refractivity contribution in [1.29, 1.82) is 0 Å². The van der Waals surface area contributed by atoms with E-state index >= 15 is 0 Å². The van der Waals surface area contributed by atoms with E-state index in [0.29, 0.717) is 13.0 Å². The van der Waals surface area contributed by atoms with Gasteiger partial charge in [-0.15, -0.1) is 12.4 Å². The van der Waals surface area contributed by atoms with Crippen LogP contribution in [0.2, 0.25) is 0 Å². The summed E-state index contributed by atoms with van der Waals surface area (Å²) in [7, 11) is 3.24. The lowest BCUT2D eigenvalue weighted by Crippen LogP contribution is -2.45. The molecule has 2 heterocycles. The van der Waals surface area contributed by atoms with Crippen LogP contribution in [0.5, 0.6) is 11.5 Å². The van der Waals surface area contributed by atoms with Crippen molar-refractivity contribution in [1.82, 2.24) is 9.80 Å². The van der Waals surface area contributed by atoms with E-state index < -0.39 is 5.97 Å². The highest BCUT2D eigenvalue weighted by atomic mass is 35.5. The number of carboxylic acids is 1. The number of carbonyl (C=O) groups is 2. The fourth-order valence-corrected chi connectivity index (χ4v) is 4.17. The van der Waals surface area contributed by atoms with Crippen LogP contribution in [0.3, 0.4) is 0 Å². The largest absolute Gasteiger partial charge is 0.497 e. The third kappa shape index (κ3) is 4.89. The molecule has 1 N–H and O–H groups in total. The van der Waals surface area contributed by atoms with E-state index in [1.54, 1.807) is 14.2 Å². The molecule has 3 rings (SSSR count). The Labute approximate surface area is 172 Å². The van der Waals surface area contributed by atoms with E-state index in [0.717, 1.165) is 49.4 Å². The Kier molecular flexibility index (Phi) is 7.95. The molecule has 2 aliphatic heterocycles. The van der Waals surface area contributed by atoms with Crippen LogP contribution in [-0.2, 0) is 9.59 Å². The van der Waals surface area contributed by atoms with Crippen molar-refractivity contribution < 1.29 is 24.2 Å². The number of rotatable bonds is 6. The molecule has 1 amide bonds. The topological polar surface area (TPSA) is 79.3 Å². The standard InChI is InChI=1S/C20H28N2O5.ClH/c1-26-15-7-8-16(18(11-15)27-2)17-6-4-10-22(17)19(23)13-21-9-3-5-14(12-21)20(24)25;/h7-8,11,14,17H,3-6,9-10,12-13H2,1-2H3,(H,24,25);1H. The number of halogens is 1. The van der Waals surface area contributed by atoms with Crippen LogP contribution >= 0.6 is 12.4 Å². The minimum atomic E-state index is -0.769. The van der Waals surface area contributed by atoms with Gasteiger partial charge in [-0.2, -0.15) is 0 Å². The predicted octanol–water partition coefficient (Wildman–Crippen LogP) is 2.59. The Morgan fingerprint density at radius 1 is 1.14 bits per heavy atom. The van der Waals surface area contributed by atoms with Crippen molar-refractivity contribution in [2.45, 2.75) is 31.7 Å². The summed E-state index contributed by atoms with van der Waals surface area (Å²) in [6.45, 7) is 2.22. The lowest BCUT2D eigenvalue weighted by atomic mass is 9.98. The van der Waals surface area contributed by atoms with Gasteiger partial charge in [-0.25, -0.2) is 0 Å². The fraction of sp³-hybridized carbons (Fsp3) is 0.600. The molecule has 0 radical (unpaired) electrons. The number of aliphatic carboxylic acids is 1. The average Bonchev–Trinajstić information content (AvgIpc) is 3.17. The van der Waals surface area contributed by atoms with Crippen molar-refractivity contribution in [3.05, 3.63) is 23.8 Å². The van der Waals surface area contributed by atoms with E-state index in [1.807, 2.05) is 28.0 Å². The highest BCUT2D eigenvalue weighted by molar-refractivity contribution is 5.85. The molecule has 2 fully saturated rings. The first-order valence-electron chi connectivity index (χ1n) is 9.50. The molecule has 8 heteroatoms. The molecule has 1 aromatic carbocycles. The van der Waals surface area contributed by atoms with Crippen molar-refractivity contribution in [3.63, 3.8) is 0 Å². The van der Waals surface area contributed by atoms with Crippen LogP contribution in [0.4, 0.5) is 0 Å². The maximum Gasteiger partial charge on any atom is 0.307 e. The van der Waals surface area contributed by atoms with Gasteiger partial charge in [0.1, 0.15) is 11.5 Å². The number of hydrogen-bond donors (Lipinski definition) is 1. The molecule has 0 aromatic heterocycles. The quantitative estimate of drug-likeness (QED) is 0.773. The van der Waals surface area contributed by atoms with Gasteiger partial charge < -0.3 is 19.5 Å². The minimum Gasteiger partial charge on any atom is -0.497 e. The van der Waals surface area contributed by atoms with Gasteiger partial charge in [-0.1, -0.05) is 0 Å². The van der Waals surface area contributed by atoms with Gasteiger partial charge in [-0.3, -0.25) is 14.5 Å². The zero-order valence-electron chi connectivity index (χ0n) is 16.4. The monoisotopic (exact) mass is 412 g/mol. The summed E-state index contributed by atoms with van der Waals surface area (Å²) in [5.41, 5.74) is 0.992. The fourth-order valence-electron chi connectivity index (χ4n) is 4.17. The summed E-state index contributed by atoms with van der Waals surface area (Å²) in [6, 6.07) is 5.69. The molecule has 2 aliphatic rings. The normalized spacial score (nSPS) is 22.4. The van der Waals surface area contributed by atoms with Crippen LogP contribution in [0.15, 0.2) is 18.2 Å². The molecule has 2 atom stereocenters. The second-order valence-electron chi connectivity index (χ2n) is 7.27. The number of hydrogen-bond acceptors (Lipinski definition) is 5. The smallest absolute Gasteiger partial charge is 0.307 e.